The highest BCUT2D eigenvalue weighted by atomic mass is 16.5. The van der Waals surface area contributed by atoms with E-state index in [9.17, 15) is 10.0 Å². The number of methoxy groups -OCH3 is 2. The van der Waals surface area contributed by atoms with Gasteiger partial charge in [-0.15, -0.1) is 0 Å². The van der Waals surface area contributed by atoms with E-state index in [0.29, 0.717) is 36.5 Å². The van der Waals surface area contributed by atoms with Crippen LogP contribution in [0.15, 0.2) is 65.8 Å². The molecule has 212 valence electrons. The standard InChI is InChI=1S/C31H39N5O4/c1-4-33-17-19-34(20-18-33)27-10-7-9-24-25(27)22-35(31(24)37)26(23-13-14-28(39-2)29(21-23)40-3)11-8-15-32-30-12-5-6-16-36(30)38/h5-7,9-10,12-14,16,21,26,38H,4,8,11,15,17-20,22H2,1-3H3/t26-/m1/s1. The summed E-state index contributed by atoms with van der Waals surface area (Å²) in [4.78, 5) is 25.3. The van der Waals surface area contributed by atoms with Crippen molar-refractivity contribution in [2.75, 3.05) is 58.4 Å². The van der Waals surface area contributed by atoms with E-state index < -0.39 is 0 Å². The summed E-state index contributed by atoms with van der Waals surface area (Å²) in [5.74, 6) is 1.34. The lowest BCUT2D eigenvalue weighted by Crippen LogP contribution is -2.46. The van der Waals surface area contributed by atoms with Crippen molar-refractivity contribution in [1.29, 1.82) is 0 Å². The van der Waals surface area contributed by atoms with Crippen molar-refractivity contribution < 1.29 is 19.5 Å². The summed E-state index contributed by atoms with van der Waals surface area (Å²) in [6.45, 7) is 8.34. The molecule has 0 radical (unpaired) electrons. The van der Waals surface area contributed by atoms with Gasteiger partial charge in [-0.2, -0.15) is 4.73 Å². The molecule has 0 unspecified atom stereocenters. The average molecular weight is 546 g/mol. The topological polar surface area (TPSA) is 82.8 Å². The second-order valence-corrected chi connectivity index (χ2v) is 10.2. The Morgan fingerprint density at radius 2 is 1.77 bits per heavy atom. The average Bonchev–Trinajstić information content (AvgIpc) is 3.33. The fraction of sp³-hybridized carbons (Fsp3) is 0.419. The van der Waals surface area contributed by atoms with Gasteiger partial charge >= 0.3 is 0 Å². The number of rotatable bonds is 10. The lowest BCUT2D eigenvalue weighted by atomic mass is 9.99. The number of likely N-dealkylation sites (N-methyl/N-ethyl adjacent to an activating group) is 1. The second-order valence-electron chi connectivity index (χ2n) is 10.2. The third-order valence-electron chi connectivity index (χ3n) is 8.03. The maximum atomic E-state index is 13.9. The lowest BCUT2D eigenvalue weighted by molar-refractivity contribution is 0.0689. The third kappa shape index (κ3) is 5.65. The van der Waals surface area contributed by atoms with Gasteiger partial charge in [0.05, 0.1) is 20.3 Å². The van der Waals surface area contributed by atoms with Crippen molar-refractivity contribution >= 4 is 11.6 Å². The predicted molar refractivity (Wildman–Crippen MR) is 154 cm³/mol. The van der Waals surface area contributed by atoms with E-state index in [4.69, 9.17) is 9.47 Å². The van der Waals surface area contributed by atoms with Crippen molar-refractivity contribution in [3.63, 3.8) is 0 Å². The van der Waals surface area contributed by atoms with Gasteiger partial charge in [-0.05, 0) is 61.3 Å². The molecule has 1 aromatic heterocycles. The van der Waals surface area contributed by atoms with Crippen LogP contribution in [0.1, 0.15) is 47.3 Å². The number of ether oxygens (including phenoxy) is 2. The minimum atomic E-state index is -0.170. The molecule has 1 N–H and O–H groups in total. The number of benzene rings is 2. The molecule has 1 amide bonds. The highest BCUT2D eigenvalue weighted by Crippen LogP contribution is 2.40. The number of piperazine rings is 1. The fourth-order valence-corrected chi connectivity index (χ4v) is 5.78. The molecule has 9 heteroatoms. The number of fused-ring (bicyclic) bond motifs is 1. The Hall–Kier alpha value is -3.98. The summed E-state index contributed by atoms with van der Waals surface area (Å²) >= 11 is 0. The third-order valence-corrected chi connectivity index (χ3v) is 8.03. The number of amides is 1. The summed E-state index contributed by atoms with van der Waals surface area (Å²) in [6.07, 6.45) is 3.01. The molecule has 9 nitrogen and oxygen atoms in total. The van der Waals surface area contributed by atoms with Crippen molar-refractivity contribution in [3.05, 3.63) is 83.0 Å². The number of aromatic nitrogens is 1. The Morgan fingerprint density at radius 1 is 0.975 bits per heavy atom. The molecule has 1 fully saturated rings. The Morgan fingerprint density at radius 3 is 2.50 bits per heavy atom. The summed E-state index contributed by atoms with van der Waals surface area (Å²) in [7, 11) is 3.25. The molecule has 0 spiro atoms. The summed E-state index contributed by atoms with van der Waals surface area (Å²) in [6, 6.07) is 17.2. The molecule has 2 aromatic carbocycles. The van der Waals surface area contributed by atoms with E-state index in [-0.39, 0.29) is 11.9 Å². The predicted octanol–water partition coefficient (Wildman–Crippen LogP) is 3.96. The molecule has 2 aliphatic heterocycles. The maximum absolute atomic E-state index is 13.9. The van der Waals surface area contributed by atoms with E-state index in [1.165, 1.54) is 5.69 Å². The van der Waals surface area contributed by atoms with E-state index in [1.807, 2.05) is 41.3 Å². The van der Waals surface area contributed by atoms with Gasteiger partial charge in [-0.1, -0.05) is 25.1 Å². The number of carbonyl (C=O) groups excluding carboxylic acids is 1. The molecule has 5 rings (SSSR count). The monoisotopic (exact) mass is 545 g/mol. The molecule has 3 heterocycles. The van der Waals surface area contributed by atoms with E-state index in [0.717, 1.165) is 60.6 Å². The maximum Gasteiger partial charge on any atom is 0.255 e. The van der Waals surface area contributed by atoms with Crippen molar-refractivity contribution in [3.8, 4) is 11.5 Å². The number of anilines is 1. The Labute approximate surface area is 235 Å². The molecule has 1 saturated heterocycles. The van der Waals surface area contributed by atoms with Crippen molar-refractivity contribution in [2.45, 2.75) is 32.4 Å². The lowest BCUT2D eigenvalue weighted by Gasteiger charge is -2.36. The van der Waals surface area contributed by atoms with E-state index in [1.54, 1.807) is 32.5 Å². The van der Waals surface area contributed by atoms with Crippen molar-refractivity contribution in [2.24, 2.45) is 4.99 Å². The van der Waals surface area contributed by atoms with E-state index >= 15 is 0 Å². The first-order valence-electron chi connectivity index (χ1n) is 14.0. The zero-order chi connectivity index (χ0) is 28.1. The van der Waals surface area contributed by atoms with Crippen LogP contribution in [-0.4, -0.2) is 79.1 Å². The zero-order valence-corrected chi connectivity index (χ0v) is 23.6. The zero-order valence-electron chi connectivity index (χ0n) is 23.6. The highest BCUT2D eigenvalue weighted by Gasteiger charge is 2.36. The number of carbonyl (C=O) groups is 1. The van der Waals surface area contributed by atoms with Crippen LogP contribution in [0.25, 0.3) is 0 Å². The first kappa shape index (κ1) is 27.6. The van der Waals surface area contributed by atoms with Gasteiger partial charge in [-0.3, -0.25) is 9.79 Å². The molecule has 0 bridgehead atoms. The van der Waals surface area contributed by atoms with Crippen molar-refractivity contribution in [1.82, 2.24) is 14.5 Å². The summed E-state index contributed by atoms with van der Waals surface area (Å²) < 4.78 is 12.1. The normalized spacial score (nSPS) is 16.8. The van der Waals surface area contributed by atoms with Crippen LogP contribution in [-0.2, 0) is 6.54 Å². The van der Waals surface area contributed by atoms with Gasteiger partial charge < -0.3 is 29.4 Å². The molecular formula is C31H39N5O4. The quantitative estimate of drug-likeness (QED) is 0.307. The van der Waals surface area contributed by atoms with Gasteiger partial charge in [0, 0.05) is 62.3 Å². The molecule has 1 atom stereocenters. The highest BCUT2D eigenvalue weighted by molar-refractivity contribution is 6.00. The van der Waals surface area contributed by atoms with Crippen LogP contribution in [0.2, 0.25) is 0 Å². The van der Waals surface area contributed by atoms with Crippen LogP contribution in [0.5, 0.6) is 11.5 Å². The Balaban J connectivity index is 1.42. The Kier molecular flexibility index (Phi) is 8.60. The number of pyridine rings is 1. The minimum absolute atomic E-state index is 0.0528. The Bertz CT molecular complexity index is 1400. The van der Waals surface area contributed by atoms with Crippen LogP contribution in [0.3, 0.4) is 0 Å². The first-order valence-corrected chi connectivity index (χ1v) is 14.0. The van der Waals surface area contributed by atoms with Gasteiger partial charge in [0.1, 0.15) is 0 Å². The minimum Gasteiger partial charge on any atom is -0.493 e. The molecule has 0 saturated carbocycles. The van der Waals surface area contributed by atoms with Gasteiger partial charge in [-0.25, -0.2) is 0 Å². The smallest absolute Gasteiger partial charge is 0.255 e. The SMILES string of the molecule is CCN1CCN(c2cccc3c2CN([C@H](CCCN=c2ccccn2O)c2ccc(OC)c(OC)c2)C3=O)CC1. The van der Waals surface area contributed by atoms with Gasteiger partial charge in [0.15, 0.2) is 17.0 Å². The molecular weight excluding hydrogens is 506 g/mol. The van der Waals surface area contributed by atoms with Gasteiger partial charge in [0.25, 0.3) is 5.91 Å². The second kappa shape index (κ2) is 12.5. The molecule has 2 aliphatic rings. The summed E-state index contributed by atoms with van der Waals surface area (Å²) in [5, 5.41) is 10.0. The molecule has 0 aliphatic carbocycles. The molecule has 40 heavy (non-hydrogen) atoms. The number of hydrogen-bond acceptors (Lipinski definition) is 7. The molecule has 3 aromatic rings. The fourth-order valence-electron chi connectivity index (χ4n) is 5.78. The van der Waals surface area contributed by atoms with Crippen LogP contribution in [0, 0.1) is 0 Å². The largest absolute Gasteiger partial charge is 0.493 e. The summed E-state index contributed by atoms with van der Waals surface area (Å²) in [5.41, 5.74) is 4.56. The van der Waals surface area contributed by atoms with Crippen LogP contribution >= 0.6 is 0 Å². The van der Waals surface area contributed by atoms with Crippen LogP contribution < -0.4 is 19.9 Å². The first-order chi connectivity index (χ1) is 19.5. The van der Waals surface area contributed by atoms with Gasteiger partial charge in [0.2, 0.25) is 0 Å². The number of hydrogen-bond donors (Lipinski definition) is 1. The van der Waals surface area contributed by atoms with E-state index in [2.05, 4.69) is 27.8 Å². The number of nitrogens with zero attached hydrogens (tertiary/aromatic N) is 5. The van der Waals surface area contributed by atoms with Crippen LogP contribution in [0.4, 0.5) is 5.69 Å².